The third-order valence-electron chi connectivity index (χ3n) is 3.67. The zero-order valence-corrected chi connectivity index (χ0v) is 10.2. The summed E-state index contributed by atoms with van der Waals surface area (Å²) in [5.41, 5.74) is 3.03. The van der Waals surface area contributed by atoms with Crippen LogP contribution in [0.3, 0.4) is 0 Å². The topological polar surface area (TPSA) is 37.3 Å². The zero-order chi connectivity index (χ0) is 12.5. The molecule has 0 saturated carbocycles. The first-order valence-corrected chi connectivity index (χ1v) is 6.03. The number of carboxylic acid groups (broad SMARTS) is 1. The predicted octanol–water partition coefficient (Wildman–Crippen LogP) is 2.99. The Morgan fingerprint density at radius 1 is 1.47 bits per heavy atom. The molecule has 1 atom stereocenters. The van der Waals surface area contributed by atoms with E-state index in [1.54, 1.807) is 6.92 Å². The van der Waals surface area contributed by atoms with Crippen LogP contribution in [-0.2, 0) is 24.1 Å². The summed E-state index contributed by atoms with van der Waals surface area (Å²) in [5.74, 6) is -0.812. The molecular formula is C15H18O2. The van der Waals surface area contributed by atoms with Gasteiger partial charge in [0.15, 0.2) is 0 Å². The first kappa shape index (κ1) is 11.9. The van der Waals surface area contributed by atoms with Crippen molar-refractivity contribution in [2.75, 3.05) is 0 Å². The second-order valence-electron chi connectivity index (χ2n) is 5.06. The minimum atomic E-state index is -0.868. The van der Waals surface area contributed by atoms with Crippen molar-refractivity contribution >= 4 is 5.97 Å². The molecule has 0 aromatic heterocycles. The Morgan fingerprint density at radius 3 is 2.82 bits per heavy atom. The van der Waals surface area contributed by atoms with Gasteiger partial charge in [-0.05, 0) is 49.3 Å². The van der Waals surface area contributed by atoms with Gasteiger partial charge >= 0.3 is 5.97 Å². The Bertz CT molecular complexity index is 462. The van der Waals surface area contributed by atoms with Crippen molar-refractivity contribution < 1.29 is 9.90 Å². The summed E-state index contributed by atoms with van der Waals surface area (Å²) < 4.78 is 0. The fraction of sp³-hybridized carbons (Fsp3) is 0.400. The molecule has 17 heavy (non-hydrogen) atoms. The highest BCUT2D eigenvalue weighted by Gasteiger charge is 2.29. The molecule has 1 aromatic carbocycles. The minimum absolute atomic E-state index is 0.513. The number of aliphatic carboxylic acids is 1. The highest BCUT2D eigenvalue weighted by Crippen LogP contribution is 2.28. The lowest BCUT2D eigenvalue weighted by atomic mass is 9.83. The molecule has 1 aromatic rings. The molecule has 0 bridgehead atoms. The van der Waals surface area contributed by atoms with Gasteiger partial charge in [-0.15, -0.1) is 6.58 Å². The molecule has 1 aliphatic rings. The van der Waals surface area contributed by atoms with E-state index in [4.69, 9.17) is 0 Å². The number of rotatable bonds is 4. The summed E-state index contributed by atoms with van der Waals surface area (Å²) in [6.07, 6.45) is 5.55. The van der Waals surface area contributed by atoms with Crippen LogP contribution in [0.25, 0.3) is 0 Å². The number of aryl methyl sites for hydroxylation is 2. The number of carbonyl (C=O) groups is 1. The molecule has 0 fully saturated rings. The zero-order valence-electron chi connectivity index (χ0n) is 10.2. The molecule has 2 nitrogen and oxygen atoms in total. The predicted molar refractivity (Wildman–Crippen MR) is 68.1 cm³/mol. The van der Waals surface area contributed by atoms with Gasteiger partial charge in [0.1, 0.15) is 0 Å². The number of fused-ring (bicyclic) bond motifs is 1. The van der Waals surface area contributed by atoms with E-state index >= 15 is 0 Å². The lowest BCUT2D eigenvalue weighted by molar-refractivity contribution is -0.145. The SMILES string of the molecule is C=CC(C)(Cc1ccc2c(c1)CCC2)C(=O)O. The summed E-state index contributed by atoms with van der Waals surface area (Å²) in [4.78, 5) is 11.2. The summed E-state index contributed by atoms with van der Waals surface area (Å²) >= 11 is 0. The molecule has 0 saturated heterocycles. The second-order valence-corrected chi connectivity index (χ2v) is 5.06. The van der Waals surface area contributed by atoms with Gasteiger partial charge in [0.05, 0.1) is 5.41 Å². The van der Waals surface area contributed by atoms with E-state index in [1.807, 2.05) is 0 Å². The third kappa shape index (κ3) is 2.26. The van der Waals surface area contributed by atoms with Crippen molar-refractivity contribution in [3.63, 3.8) is 0 Å². The molecule has 0 amide bonds. The number of benzene rings is 1. The first-order valence-electron chi connectivity index (χ1n) is 6.03. The molecule has 90 valence electrons. The molecule has 2 rings (SSSR count). The molecule has 1 unspecified atom stereocenters. The maximum absolute atomic E-state index is 11.2. The van der Waals surface area contributed by atoms with E-state index in [0.717, 1.165) is 18.4 Å². The minimum Gasteiger partial charge on any atom is -0.481 e. The van der Waals surface area contributed by atoms with E-state index < -0.39 is 11.4 Å². The Labute approximate surface area is 102 Å². The Hall–Kier alpha value is -1.57. The molecule has 0 spiro atoms. The quantitative estimate of drug-likeness (QED) is 0.807. The van der Waals surface area contributed by atoms with Gasteiger partial charge in [-0.25, -0.2) is 0 Å². The summed E-state index contributed by atoms with van der Waals surface area (Å²) in [7, 11) is 0. The van der Waals surface area contributed by atoms with Crippen molar-refractivity contribution in [1.29, 1.82) is 0 Å². The van der Waals surface area contributed by atoms with Crippen molar-refractivity contribution in [3.05, 3.63) is 47.5 Å². The normalized spacial score (nSPS) is 17.2. The average molecular weight is 230 g/mol. The van der Waals surface area contributed by atoms with Crippen LogP contribution >= 0.6 is 0 Å². The second kappa shape index (κ2) is 4.36. The van der Waals surface area contributed by atoms with Crippen LogP contribution in [0.15, 0.2) is 30.9 Å². The number of carboxylic acids is 1. The van der Waals surface area contributed by atoms with Gasteiger partial charge in [-0.3, -0.25) is 4.79 Å². The van der Waals surface area contributed by atoms with Crippen LogP contribution in [0.5, 0.6) is 0 Å². The molecule has 1 aliphatic carbocycles. The lowest BCUT2D eigenvalue weighted by Gasteiger charge is -2.20. The standard InChI is InChI=1S/C15H18O2/c1-3-15(2,14(16)17)10-11-7-8-12-5-4-6-13(12)9-11/h3,7-9H,1,4-6,10H2,2H3,(H,16,17). The number of hydrogen-bond acceptors (Lipinski definition) is 1. The fourth-order valence-electron chi connectivity index (χ4n) is 2.39. The van der Waals surface area contributed by atoms with Crippen molar-refractivity contribution in [1.82, 2.24) is 0 Å². The third-order valence-corrected chi connectivity index (χ3v) is 3.67. The largest absolute Gasteiger partial charge is 0.481 e. The summed E-state index contributed by atoms with van der Waals surface area (Å²) in [6, 6.07) is 6.35. The van der Waals surface area contributed by atoms with Crippen LogP contribution in [0.4, 0.5) is 0 Å². The van der Waals surface area contributed by atoms with Crippen molar-refractivity contribution in [3.8, 4) is 0 Å². The van der Waals surface area contributed by atoms with Gasteiger partial charge < -0.3 is 5.11 Å². The van der Waals surface area contributed by atoms with E-state index in [1.165, 1.54) is 23.6 Å². The van der Waals surface area contributed by atoms with Gasteiger partial charge in [-0.2, -0.15) is 0 Å². The lowest BCUT2D eigenvalue weighted by Crippen LogP contribution is -2.27. The molecule has 1 N–H and O–H groups in total. The Kier molecular flexibility index (Phi) is 3.05. The summed E-state index contributed by atoms with van der Waals surface area (Å²) in [5, 5.41) is 9.22. The number of hydrogen-bond donors (Lipinski definition) is 1. The van der Waals surface area contributed by atoms with E-state index in [9.17, 15) is 9.90 Å². The molecular weight excluding hydrogens is 212 g/mol. The van der Waals surface area contributed by atoms with E-state index in [-0.39, 0.29) is 0 Å². The van der Waals surface area contributed by atoms with Gasteiger partial charge in [-0.1, -0.05) is 24.3 Å². The molecule has 0 radical (unpaired) electrons. The van der Waals surface area contributed by atoms with Crippen LogP contribution in [0.1, 0.15) is 30.0 Å². The van der Waals surface area contributed by atoms with E-state index in [0.29, 0.717) is 6.42 Å². The van der Waals surface area contributed by atoms with Gasteiger partial charge in [0, 0.05) is 0 Å². The van der Waals surface area contributed by atoms with Gasteiger partial charge in [0.25, 0.3) is 0 Å². The fourth-order valence-corrected chi connectivity index (χ4v) is 2.39. The highest BCUT2D eigenvalue weighted by molar-refractivity contribution is 5.76. The van der Waals surface area contributed by atoms with Crippen LogP contribution in [0.2, 0.25) is 0 Å². The van der Waals surface area contributed by atoms with Crippen molar-refractivity contribution in [2.45, 2.75) is 32.6 Å². The maximum Gasteiger partial charge on any atom is 0.313 e. The maximum atomic E-state index is 11.2. The van der Waals surface area contributed by atoms with Crippen LogP contribution < -0.4 is 0 Å². The average Bonchev–Trinajstić information content (AvgIpc) is 2.75. The summed E-state index contributed by atoms with van der Waals surface area (Å²) in [6.45, 7) is 5.36. The highest BCUT2D eigenvalue weighted by atomic mass is 16.4. The molecule has 0 aliphatic heterocycles. The smallest absolute Gasteiger partial charge is 0.313 e. The Balaban J connectivity index is 2.24. The monoisotopic (exact) mass is 230 g/mol. The van der Waals surface area contributed by atoms with Gasteiger partial charge in [0.2, 0.25) is 0 Å². The van der Waals surface area contributed by atoms with Crippen LogP contribution in [0, 0.1) is 5.41 Å². The molecule has 0 heterocycles. The molecule has 2 heteroatoms. The first-order chi connectivity index (χ1) is 8.05. The Morgan fingerprint density at radius 2 is 2.18 bits per heavy atom. The van der Waals surface area contributed by atoms with E-state index in [2.05, 4.69) is 24.8 Å². The van der Waals surface area contributed by atoms with Crippen LogP contribution in [-0.4, -0.2) is 11.1 Å². The van der Waals surface area contributed by atoms with Crippen molar-refractivity contribution in [2.24, 2.45) is 5.41 Å².